The second kappa shape index (κ2) is 6.40. The zero-order valence-corrected chi connectivity index (χ0v) is 12.8. The van der Waals surface area contributed by atoms with Crippen molar-refractivity contribution < 1.29 is 19.1 Å². The first-order chi connectivity index (χ1) is 8.73. The monoisotopic (exact) mass is 270 g/mol. The van der Waals surface area contributed by atoms with Gasteiger partial charge in [-0.25, -0.2) is 0 Å². The van der Waals surface area contributed by atoms with Crippen LogP contribution in [0.25, 0.3) is 0 Å². The molecule has 110 valence electrons. The van der Waals surface area contributed by atoms with Crippen molar-refractivity contribution in [2.75, 3.05) is 0 Å². The van der Waals surface area contributed by atoms with E-state index >= 15 is 0 Å². The number of hydrogen-bond acceptors (Lipinski definition) is 4. The number of ether oxygens (including phenoxy) is 2. The average Bonchev–Trinajstić information content (AvgIpc) is 2.51. The first-order valence-electron chi connectivity index (χ1n) is 7.15. The summed E-state index contributed by atoms with van der Waals surface area (Å²) in [6, 6.07) is 0. The van der Waals surface area contributed by atoms with E-state index in [1.54, 1.807) is 0 Å². The Morgan fingerprint density at radius 1 is 0.842 bits per heavy atom. The molecular formula is C15H26O4. The van der Waals surface area contributed by atoms with Gasteiger partial charge in [0.05, 0.1) is 24.0 Å². The van der Waals surface area contributed by atoms with Crippen molar-refractivity contribution in [1.29, 1.82) is 0 Å². The van der Waals surface area contributed by atoms with Crippen molar-refractivity contribution >= 4 is 11.9 Å². The van der Waals surface area contributed by atoms with Gasteiger partial charge in [-0.2, -0.15) is 0 Å². The van der Waals surface area contributed by atoms with Crippen LogP contribution in [0, 0.1) is 23.7 Å². The normalized spacial score (nSPS) is 30.7. The SMILES string of the molecule is CC(C)OC(=O)C1C(C)CC(C)C1C(=O)OC(C)C. The predicted molar refractivity (Wildman–Crippen MR) is 72.4 cm³/mol. The number of hydrogen-bond donors (Lipinski definition) is 0. The first kappa shape index (κ1) is 16.0. The smallest absolute Gasteiger partial charge is 0.310 e. The van der Waals surface area contributed by atoms with Crippen molar-refractivity contribution in [3.63, 3.8) is 0 Å². The highest BCUT2D eigenvalue weighted by Crippen LogP contribution is 2.43. The lowest BCUT2D eigenvalue weighted by Gasteiger charge is -2.23. The largest absolute Gasteiger partial charge is 0.463 e. The fourth-order valence-corrected chi connectivity index (χ4v) is 2.97. The second-order valence-electron chi connectivity index (χ2n) is 6.21. The van der Waals surface area contributed by atoms with Crippen LogP contribution in [0.3, 0.4) is 0 Å². The van der Waals surface area contributed by atoms with Gasteiger partial charge in [0.1, 0.15) is 0 Å². The highest BCUT2D eigenvalue weighted by Gasteiger charge is 2.48. The Morgan fingerprint density at radius 2 is 1.16 bits per heavy atom. The minimum atomic E-state index is -0.372. The number of rotatable bonds is 4. The molecule has 1 aliphatic carbocycles. The summed E-state index contributed by atoms with van der Waals surface area (Å²) in [6.07, 6.45) is 0.546. The van der Waals surface area contributed by atoms with E-state index in [1.807, 2.05) is 41.5 Å². The van der Waals surface area contributed by atoms with Crippen LogP contribution < -0.4 is 0 Å². The number of esters is 2. The molecule has 0 saturated heterocycles. The Labute approximate surface area is 115 Å². The molecule has 0 N–H and O–H groups in total. The van der Waals surface area contributed by atoms with Gasteiger partial charge in [-0.3, -0.25) is 9.59 Å². The average molecular weight is 270 g/mol. The predicted octanol–water partition coefficient (Wildman–Crippen LogP) is 2.80. The van der Waals surface area contributed by atoms with Gasteiger partial charge in [-0.05, 0) is 46.0 Å². The first-order valence-corrected chi connectivity index (χ1v) is 7.15. The van der Waals surface area contributed by atoms with Gasteiger partial charge in [0, 0.05) is 0 Å². The molecule has 0 radical (unpaired) electrons. The van der Waals surface area contributed by atoms with Gasteiger partial charge in [-0.1, -0.05) is 13.8 Å². The molecule has 4 atom stereocenters. The van der Waals surface area contributed by atoms with E-state index < -0.39 is 0 Å². The maximum atomic E-state index is 12.2. The van der Waals surface area contributed by atoms with Crippen LogP contribution >= 0.6 is 0 Å². The van der Waals surface area contributed by atoms with Crippen molar-refractivity contribution in [2.45, 2.75) is 60.2 Å². The second-order valence-corrected chi connectivity index (χ2v) is 6.21. The summed E-state index contributed by atoms with van der Waals surface area (Å²) in [4.78, 5) is 24.4. The van der Waals surface area contributed by atoms with E-state index in [0.717, 1.165) is 6.42 Å². The third-order valence-electron chi connectivity index (χ3n) is 3.60. The molecule has 4 heteroatoms. The maximum Gasteiger partial charge on any atom is 0.310 e. The summed E-state index contributed by atoms with van der Waals surface area (Å²) in [7, 11) is 0. The molecule has 1 rings (SSSR count). The Balaban J connectivity index is 2.85. The molecule has 0 bridgehead atoms. The highest BCUT2D eigenvalue weighted by atomic mass is 16.6. The Morgan fingerprint density at radius 3 is 1.42 bits per heavy atom. The molecule has 4 nitrogen and oxygen atoms in total. The quantitative estimate of drug-likeness (QED) is 0.737. The van der Waals surface area contributed by atoms with Crippen LogP contribution in [0.4, 0.5) is 0 Å². The van der Waals surface area contributed by atoms with Crippen molar-refractivity contribution in [3.05, 3.63) is 0 Å². The van der Waals surface area contributed by atoms with Crippen LogP contribution in [-0.4, -0.2) is 24.1 Å². The van der Waals surface area contributed by atoms with E-state index in [4.69, 9.17) is 9.47 Å². The summed E-state index contributed by atoms with van der Waals surface area (Å²) >= 11 is 0. The molecular weight excluding hydrogens is 244 g/mol. The van der Waals surface area contributed by atoms with Crippen LogP contribution in [0.2, 0.25) is 0 Å². The lowest BCUT2D eigenvalue weighted by Crippen LogP contribution is -2.35. The summed E-state index contributed by atoms with van der Waals surface area (Å²) in [5.41, 5.74) is 0. The standard InChI is InChI=1S/C15H26O4/c1-8(2)18-14(16)12-10(5)7-11(6)13(12)15(17)19-9(3)4/h8-13H,7H2,1-6H3. The Hall–Kier alpha value is -1.06. The van der Waals surface area contributed by atoms with E-state index in [1.165, 1.54) is 0 Å². The molecule has 0 aliphatic heterocycles. The lowest BCUT2D eigenvalue weighted by atomic mass is 9.88. The summed E-state index contributed by atoms with van der Waals surface area (Å²) in [6.45, 7) is 11.3. The van der Waals surface area contributed by atoms with Crippen molar-refractivity contribution in [2.24, 2.45) is 23.7 Å². The summed E-state index contributed by atoms with van der Waals surface area (Å²) in [5, 5.41) is 0. The Bertz CT molecular complexity index is 303. The molecule has 1 fully saturated rings. The van der Waals surface area contributed by atoms with Gasteiger partial charge < -0.3 is 9.47 Å². The van der Waals surface area contributed by atoms with Gasteiger partial charge in [0.15, 0.2) is 0 Å². The third-order valence-corrected chi connectivity index (χ3v) is 3.60. The van der Waals surface area contributed by atoms with Crippen molar-refractivity contribution in [3.8, 4) is 0 Å². The molecule has 4 unspecified atom stereocenters. The maximum absolute atomic E-state index is 12.2. The highest BCUT2D eigenvalue weighted by molar-refractivity contribution is 5.83. The Kier molecular flexibility index (Phi) is 5.39. The third kappa shape index (κ3) is 3.95. The molecule has 0 amide bonds. The fraction of sp³-hybridized carbons (Fsp3) is 0.867. The molecule has 0 aromatic carbocycles. The van der Waals surface area contributed by atoms with Crippen LogP contribution in [0.5, 0.6) is 0 Å². The number of carbonyl (C=O) groups is 2. The molecule has 0 spiro atoms. The molecule has 0 aromatic rings. The zero-order valence-electron chi connectivity index (χ0n) is 12.8. The molecule has 0 aromatic heterocycles. The van der Waals surface area contributed by atoms with E-state index in [-0.39, 0.29) is 47.8 Å². The summed E-state index contributed by atoms with van der Waals surface area (Å²) in [5.74, 6) is -0.959. The lowest BCUT2D eigenvalue weighted by molar-refractivity contribution is -0.165. The van der Waals surface area contributed by atoms with E-state index in [0.29, 0.717) is 0 Å². The topological polar surface area (TPSA) is 52.6 Å². The van der Waals surface area contributed by atoms with Crippen LogP contribution in [0.15, 0.2) is 0 Å². The van der Waals surface area contributed by atoms with E-state index in [2.05, 4.69) is 0 Å². The number of carbonyl (C=O) groups excluding carboxylic acids is 2. The minimum Gasteiger partial charge on any atom is -0.463 e. The van der Waals surface area contributed by atoms with Gasteiger partial charge in [0.2, 0.25) is 0 Å². The van der Waals surface area contributed by atoms with E-state index in [9.17, 15) is 9.59 Å². The van der Waals surface area contributed by atoms with Gasteiger partial charge in [0.25, 0.3) is 0 Å². The zero-order chi connectivity index (χ0) is 14.7. The van der Waals surface area contributed by atoms with Gasteiger partial charge >= 0.3 is 11.9 Å². The van der Waals surface area contributed by atoms with Crippen LogP contribution in [-0.2, 0) is 19.1 Å². The molecule has 1 saturated carbocycles. The minimum absolute atomic E-state index is 0.155. The van der Waals surface area contributed by atoms with Gasteiger partial charge in [-0.15, -0.1) is 0 Å². The molecule has 1 aliphatic rings. The molecule has 19 heavy (non-hydrogen) atoms. The van der Waals surface area contributed by atoms with Crippen molar-refractivity contribution in [1.82, 2.24) is 0 Å². The molecule has 0 heterocycles. The summed E-state index contributed by atoms with van der Waals surface area (Å²) < 4.78 is 10.6. The fourth-order valence-electron chi connectivity index (χ4n) is 2.97. The van der Waals surface area contributed by atoms with Crippen LogP contribution in [0.1, 0.15) is 48.0 Å².